The zero-order valence-electron chi connectivity index (χ0n) is 20.5. The SMILES string of the molecule is CC1CC(C)C(C(C)CC(C)(C)C)C(CCCCCCC(C)(C)C)(C(=O)O)C1. The molecule has 28 heavy (non-hydrogen) atoms. The quantitative estimate of drug-likeness (QED) is 0.400. The minimum absolute atomic E-state index is 0.249. The topological polar surface area (TPSA) is 37.3 Å². The van der Waals surface area contributed by atoms with Crippen LogP contribution in [0.1, 0.15) is 120 Å². The Balaban J connectivity index is 2.87. The lowest BCUT2D eigenvalue weighted by atomic mass is 9.53. The Kier molecular flexibility index (Phi) is 9.10. The van der Waals surface area contributed by atoms with Crippen molar-refractivity contribution in [2.75, 3.05) is 0 Å². The largest absolute Gasteiger partial charge is 0.481 e. The molecule has 0 bridgehead atoms. The van der Waals surface area contributed by atoms with Gasteiger partial charge in [-0.1, -0.05) is 88.0 Å². The summed E-state index contributed by atoms with van der Waals surface area (Å²) in [5.74, 6) is 1.25. The Morgan fingerprint density at radius 2 is 1.57 bits per heavy atom. The summed E-state index contributed by atoms with van der Waals surface area (Å²) in [5.41, 5.74) is 0.134. The fraction of sp³-hybridized carbons (Fsp3) is 0.962. The maximum atomic E-state index is 12.7. The molecule has 1 fully saturated rings. The van der Waals surface area contributed by atoms with Gasteiger partial charge in [-0.25, -0.2) is 0 Å². The van der Waals surface area contributed by atoms with Crippen LogP contribution < -0.4 is 0 Å². The Bertz CT molecular complexity index is 482. The van der Waals surface area contributed by atoms with E-state index < -0.39 is 11.4 Å². The molecule has 0 aromatic carbocycles. The number of unbranched alkanes of at least 4 members (excludes halogenated alkanes) is 3. The Labute approximate surface area is 176 Å². The summed E-state index contributed by atoms with van der Waals surface area (Å²) in [6.45, 7) is 20.7. The third-order valence-corrected chi connectivity index (χ3v) is 7.01. The predicted molar refractivity (Wildman–Crippen MR) is 122 cm³/mol. The van der Waals surface area contributed by atoms with Crippen LogP contribution in [0.5, 0.6) is 0 Å². The van der Waals surface area contributed by atoms with E-state index in [-0.39, 0.29) is 5.41 Å². The molecule has 1 N–H and O–H groups in total. The number of hydrogen-bond acceptors (Lipinski definition) is 1. The van der Waals surface area contributed by atoms with Crippen LogP contribution >= 0.6 is 0 Å². The van der Waals surface area contributed by atoms with Gasteiger partial charge in [0.1, 0.15) is 0 Å². The Hall–Kier alpha value is -0.530. The molecule has 0 heterocycles. The molecule has 0 saturated heterocycles. The molecule has 0 spiro atoms. The second-order valence-corrected chi connectivity index (χ2v) is 12.7. The van der Waals surface area contributed by atoms with Crippen LogP contribution in [0.25, 0.3) is 0 Å². The summed E-state index contributed by atoms with van der Waals surface area (Å²) < 4.78 is 0. The number of carboxylic acids is 1. The molecule has 1 saturated carbocycles. The van der Waals surface area contributed by atoms with Crippen LogP contribution in [0, 0.1) is 39.9 Å². The molecule has 0 aromatic rings. The van der Waals surface area contributed by atoms with Crippen LogP contribution in [0.15, 0.2) is 0 Å². The summed E-state index contributed by atoms with van der Waals surface area (Å²) in [4.78, 5) is 12.7. The summed E-state index contributed by atoms with van der Waals surface area (Å²) in [6, 6.07) is 0. The van der Waals surface area contributed by atoms with Crippen molar-refractivity contribution in [1.82, 2.24) is 0 Å². The molecule has 0 radical (unpaired) electrons. The standard InChI is InChI=1S/C26H50O2/c1-19-16-20(2)22(21(3)18-25(7,8)9)26(17-19,23(27)28)15-13-11-10-12-14-24(4,5)6/h19-22H,10-18H2,1-9H3,(H,27,28). The normalized spacial score (nSPS) is 30.2. The van der Waals surface area contributed by atoms with Gasteiger partial charge in [0.15, 0.2) is 0 Å². The highest BCUT2D eigenvalue weighted by Crippen LogP contribution is 2.54. The van der Waals surface area contributed by atoms with Crippen molar-refractivity contribution in [2.45, 2.75) is 120 Å². The van der Waals surface area contributed by atoms with Crippen molar-refractivity contribution in [3.63, 3.8) is 0 Å². The Morgan fingerprint density at radius 3 is 2.07 bits per heavy atom. The summed E-state index contributed by atoms with van der Waals surface area (Å²) >= 11 is 0. The van der Waals surface area contributed by atoms with Crippen molar-refractivity contribution < 1.29 is 9.90 Å². The second kappa shape index (κ2) is 9.98. The number of carbonyl (C=O) groups is 1. The monoisotopic (exact) mass is 394 g/mol. The number of aliphatic carboxylic acids is 1. The van der Waals surface area contributed by atoms with E-state index in [4.69, 9.17) is 0 Å². The first-order chi connectivity index (χ1) is 12.7. The van der Waals surface area contributed by atoms with E-state index in [1.165, 1.54) is 32.1 Å². The van der Waals surface area contributed by atoms with E-state index in [0.29, 0.717) is 29.1 Å². The summed E-state index contributed by atoms with van der Waals surface area (Å²) in [5, 5.41) is 10.5. The van der Waals surface area contributed by atoms with Crippen molar-refractivity contribution in [3.05, 3.63) is 0 Å². The smallest absolute Gasteiger partial charge is 0.309 e. The lowest BCUT2D eigenvalue weighted by Gasteiger charge is -2.50. The average Bonchev–Trinajstić information content (AvgIpc) is 2.46. The molecule has 0 amide bonds. The first-order valence-electron chi connectivity index (χ1n) is 11.9. The van der Waals surface area contributed by atoms with E-state index in [0.717, 1.165) is 25.7 Å². The average molecular weight is 395 g/mol. The fourth-order valence-corrected chi connectivity index (χ4v) is 6.42. The van der Waals surface area contributed by atoms with E-state index in [9.17, 15) is 9.90 Å². The number of carboxylic acid groups (broad SMARTS) is 1. The molecular formula is C26H50O2. The molecule has 2 nitrogen and oxygen atoms in total. The van der Waals surface area contributed by atoms with Gasteiger partial charge in [-0.3, -0.25) is 4.79 Å². The molecule has 1 aliphatic carbocycles. The van der Waals surface area contributed by atoms with Gasteiger partial charge in [-0.05, 0) is 66.6 Å². The van der Waals surface area contributed by atoms with Gasteiger partial charge >= 0.3 is 5.97 Å². The molecule has 2 heteroatoms. The summed E-state index contributed by atoms with van der Waals surface area (Å²) in [7, 11) is 0. The Morgan fingerprint density at radius 1 is 1.00 bits per heavy atom. The molecule has 5 unspecified atom stereocenters. The second-order valence-electron chi connectivity index (χ2n) is 12.7. The minimum Gasteiger partial charge on any atom is -0.481 e. The maximum Gasteiger partial charge on any atom is 0.309 e. The van der Waals surface area contributed by atoms with Gasteiger partial charge in [0, 0.05) is 0 Å². The molecule has 166 valence electrons. The zero-order chi connectivity index (χ0) is 21.8. The van der Waals surface area contributed by atoms with Gasteiger partial charge < -0.3 is 5.11 Å². The zero-order valence-corrected chi connectivity index (χ0v) is 20.5. The van der Waals surface area contributed by atoms with Gasteiger partial charge in [0.25, 0.3) is 0 Å². The van der Waals surface area contributed by atoms with Crippen molar-refractivity contribution in [3.8, 4) is 0 Å². The first kappa shape index (κ1) is 25.5. The van der Waals surface area contributed by atoms with E-state index in [1.54, 1.807) is 0 Å². The van der Waals surface area contributed by atoms with Crippen LogP contribution in [0.2, 0.25) is 0 Å². The van der Waals surface area contributed by atoms with Crippen LogP contribution in [-0.4, -0.2) is 11.1 Å². The van der Waals surface area contributed by atoms with Gasteiger partial charge in [-0.2, -0.15) is 0 Å². The fourth-order valence-electron chi connectivity index (χ4n) is 6.42. The number of hydrogen-bond donors (Lipinski definition) is 1. The minimum atomic E-state index is -0.522. The molecule has 0 aromatic heterocycles. The molecule has 5 atom stereocenters. The molecule has 1 aliphatic rings. The van der Waals surface area contributed by atoms with E-state index >= 15 is 0 Å². The highest BCUT2D eigenvalue weighted by atomic mass is 16.4. The third-order valence-electron chi connectivity index (χ3n) is 7.01. The maximum absolute atomic E-state index is 12.7. The highest BCUT2D eigenvalue weighted by Gasteiger charge is 2.53. The molecule has 1 rings (SSSR count). The van der Waals surface area contributed by atoms with Crippen LogP contribution in [-0.2, 0) is 4.79 Å². The van der Waals surface area contributed by atoms with E-state index in [1.807, 2.05) is 0 Å². The van der Waals surface area contributed by atoms with Gasteiger partial charge in [0.05, 0.1) is 5.41 Å². The summed E-state index contributed by atoms with van der Waals surface area (Å²) in [6.07, 6.45) is 10.0. The van der Waals surface area contributed by atoms with Gasteiger partial charge in [-0.15, -0.1) is 0 Å². The highest BCUT2D eigenvalue weighted by molar-refractivity contribution is 5.75. The lowest BCUT2D eigenvalue weighted by molar-refractivity contribution is -0.164. The van der Waals surface area contributed by atoms with Crippen molar-refractivity contribution in [2.24, 2.45) is 39.9 Å². The van der Waals surface area contributed by atoms with Crippen molar-refractivity contribution >= 4 is 5.97 Å². The number of rotatable bonds is 9. The van der Waals surface area contributed by atoms with Crippen LogP contribution in [0.3, 0.4) is 0 Å². The first-order valence-corrected chi connectivity index (χ1v) is 11.9. The lowest BCUT2D eigenvalue weighted by Crippen LogP contribution is -2.49. The third kappa shape index (κ3) is 7.71. The molecule has 0 aliphatic heterocycles. The predicted octanol–water partition coefficient (Wildman–Crippen LogP) is 8.20. The van der Waals surface area contributed by atoms with Crippen molar-refractivity contribution in [1.29, 1.82) is 0 Å². The van der Waals surface area contributed by atoms with Crippen LogP contribution in [0.4, 0.5) is 0 Å². The molecular weight excluding hydrogens is 344 g/mol. The van der Waals surface area contributed by atoms with E-state index in [2.05, 4.69) is 62.3 Å². The van der Waals surface area contributed by atoms with Gasteiger partial charge in [0.2, 0.25) is 0 Å².